The Hall–Kier alpha value is -0.550. The largest absolute Gasteiger partial charge is 0.481 e. The highest BCUT2D eigenvalue weighted by Gasteiger charge is 1.98. The predicted molar refractivity (Wildman–Crippen MR) is 45.9 cm³/mol. The lowest BCUT2D eigenvalue weighted by atomic mass is 10.6. The van der Waals surface area contributed by atoms with Crippen molar-refractivity contribution in [3.05, 3.63) is 16.6 Å². The maximum absolute atomic E-state index is 10.1. The fraction of sp³-hybridized carbons (Fsp3) is 0.333. The van der Waals surface area contributed by atoms with Crippen LogP contribution < -0.4 is 0 Å². The van der Waals surface area contributed by atoms with Gasteiger partial charge >= 0.3 is 5.97 Å². The van der Waals surface area contributed by atoms with Crippen molar-refractivity contribution in [3.63, 3.8) is 0 Å². The number of carbonyl (C=O) groups is 1. The van der Waals surface area contributed by atoms with E-state index >= 15 is 0 Å². The Kier molecular flexibility index (Phi) is 3.38. The van der Waals surface area contributed by atoms with Crippen LogP contribution in [0.3, 0.4) is 0 Å². The van der Waals surface area contributed by atoms with Gasteiger partial charge in [-0.1, -0.05) is 0 Å². The minimum atomic E-state index is -0.773. The zero-order chi connectivity index (χ0) is 8.10. The maximum atomic E-state index is 10.1. The highest BCUT2D eigenvalue weighted by Crippen LogP contribution is 2.11. The van der Waals surface area contributed by atoms with E-state index in [4.69, 9.17) is 5.11 Å². The number of carboxylic acids is 1. The first kappa shape index (κ1) is 8.55. The van der Waals surface area contributed by atoms with Gasteiger partial charge in [0.25, 0.3) is 0 Å². The van der Waals surface area contributed by atoms with Gasteiger partial charge in [-0.15, -0.1) is 23.1 Å². The van der Waals surface area contributed by atoms with E-state index in [9.17, 15) is 4.79 Å². The van der Waals surface area contributed by atoms with E-state index in [2.05, 4.69) is 4.98 Å². The second-order valence-corrected chi connectivity index (χ2v) is 3.57. The number of thiazole rings is 1. The lowest BCUT2D eigenvalue weighted by Gasteiger charge is -1.92. The van der Waals surface area contributed by atoms with Crippen LogP contribution in [0.5, 0.6) is 0 Å². The zero-order valence-electron chi connectivity index (χ0n) is 5.69. The molecule has 1 N–H and O–H groups in total. The molecular formula is C6H7NO2S2. The predicted octanol–water partition coefficient (Wildman–Crippen LogP) is 1.46. The van der Waals surface area contributed by atoms with E-state index in [-0.39, 0.29) is 5.75 Å². The van der Waals surface area contributed by atoms with Gasteiger partial charge in [0, 0.05) is 11.1 Å². The van der Waals surface area contributed by atoms with Gasteiger partial charge < -0.3 is 5.11 Å². The fourth-order valence-electron chi connectivity index (χ4n) is 0.552. The quantitative estimate of drug-likeness (QED) is 0.779. The van der Waals surface area contributed by atoms with E-state index in [1.807, 2.05) is 5.38 Å². The number of aromatic nitrogens is 1. The minimum Gasteiger partial charge on any atom is -0.481 e. The Morgan fingerprint density at radius 1 is 1.82 bits per heavy atom. The van der Waals surface area contributed by atoms with Crippen molar-refractivity contribution in [2.45, 2.75) is 5.75 Å². The third kappa shape index (κ3) is 3.38. The van der Waals surface area contributed by atoms with Crippen LogP contribution in [0.2, 0.25) is 0 Å². The molecule has 3 nitrogen and oxygen atoms in total. The van der Waals surface area contributed by atoms with Crippen LogP contribution in [0, 0.1) is 0 Å². The van der Waals surface area contributed by atoms with Gasteiger partial charge in [0.15, 0.2) is 0 Å². The lowest BCUT2D eigenvalue weighted by molar-refractivity contribution is -0.133. The molecule has 1 aromatic heterocycles. The van der Waals surface area contributed by atoms with Crippen LogP contribution in [-0.4, -0.2) is 21.8 Å². The third-order valence-corrected chi connectivity index (χ3v) is 2.55. The number of nitrogens with zero attached hydrogens (tertiary/aromatic N) is 1. The number of rotatable bonds is 4. The van der Waals surface area contributed by atoms with E-state index in [1.54, 1.807) is 5.51 Å². The SMILES string of the molecule is O=C(O)CSCc1cscn1. The van der Waals surface area contributed by atoms with Crippen LogP contribution in [0.15, 0.2) is 10.9 Å². The molecule has 0 unspecified atom stereocenters. The van der Waals surface area contributed by atoms with Crippen molar-refractivity contribution in [3.8, 4) is 0 Å². The first-order valence-electron chi connectivity index (χ1n) is 2.95. The molecule has 0 radical (unpaired) electrons. The second-order valence-electron chi connectivity index (χ2n) is 1.87. The zero-order valence-corrected chi connectivity index (χ0v) is 7.32. The van der Waals surface area contributed by atoms with Crippen molar-refractivity contribution < 1.29 is 9.90 Å². The summed E-state index contributed by atoms with van der Waals surface area (Å²) in [7, 11) is 0. The Balaban J connectivity index is 2.19. The summed E-state index contributed by atoms with van der Waals surface area (Å²) < 4.78 is 0. The Morgan fingerprint density at radius 2 is 2.64 bits per heavy atom. The number of hydrogen-bond acceptors (Lipinski definition) is 4. The summed E-state index contributed by atoms with van der Waals surface area (Å²) in [5.74, 6) is 0.0677. The first-order valence-corrected chi connectivity index (χ1v) is 5.05. The molecule has 0 aliphatic carbocycles. The Bertz CT molecular complexity index is 222. The standard InChI is InChI=1S/C6H7NO2S2/c8-6(9)3-10-1-5-2-11-4-7-5/h2,4H,1,3H2,(H,8,9). The minimum absolute atomic E-state index is 0.150. The first-order chi connectivity index (χ1) is 5.29. The molecule has 0 amide bonds. The molecular weight excluding hydrogens is 182 g/mol. The van der Waals surface area contributed by atoms with Gasteiger partial charge in [0.2, 0.25) is 0 Å². The van der Waals surface area contributed by atoms with Gasteiger partial charge in [0.05, 0.1) is 17.0 Å². The molecule has 0 saturated carbocycles. The summed E-state index contributed by atoms with van der Waals surface area (Å²) in [5.41, 5.74) is 2.71. The lowest BCUT2D eigenvalue weighted by Crippen LogP contribution is -1.98. The van der Waals surface area contributed by atoms with Gasteiger partial charge in [-0.05, 0) is 0 Å². The molecule has 0 aliphatic rings. The molecule has 1 aromatic rings. The van der Waals surface area contributed by atoms with E-state index in [0.29, 0.717) is 5.75 Å². The molecule has 60 valence electrons. The van der Waals surface area contributed by atoms with Crippen LogP contribution >= 0.6 is 23.1 Å². The van der Waals surface area contributed by atoms with E-state index in [0.717, 1.165) is 5.69 Å². The van der Waals surface area contributed by atoms with Crippen molar-refractivity contribution >= 4 is 29.1 Å². The number of carboxylic acid groups (broad SMARTS) is 1. The normalized spacial score (nSPS) is 9.82. The maximum Gasteiger partial charge on any atom is 0.313 e. The van der Waals surface area contributed by atoms with Gasteiger partial charge in [-0.2, -0.15) is 0 Å². The average Bonchev–Trinajstić information content (AvgIpc) is 2.39. The van der Waals surface area contributed by atoms with E-state index < -0.39 is 5.97 Å². The summed E-state index contributed by atoms with van der Waals surface area (Å²) in [6, 6.07) is 0. The van der Waals surface area contributed by atoms with Crippen molar-refractivity contribution in [1.82, 2.24) is 4.98 Å². The van der Waals surface area contributed by atoms with Crippen LogP contribution in [-0.2, 0) is 10.5 Å². The van der Waals surface area contributed by atoms with Crippen molar-refractivity contribution in [2.75, 3.05) is 5.75 Å². The average molecular weight is 189 g/mol. The Labute approximate surface area is 72.5 Å². The molecule has 1 rings (SSSR count). The van der Waals surface area contributed by atoms with Gasteiger partial charge in [-0.3, -0.25) is 4.79 Å². The fourth-order valence-corrected chi connectivity index (χ4v) is 1.86. The smallest absolute Gasteiger partial charge is 0.313 e. The topological polar surface area (TPSA) is 50.2 Å². The summed E-state index contributed by atoms with van der Waals surface area (Å²) >= 11 is 2.89. The molecule has 0 aliphatic heterocycles. The van der Waals surface area contributed by atoms with Crippen molar-refractivity contribution in [2.24, 2.45) is 0 Å². The van der Waals surface area contributed by atoms with Crippen LogP contribution in [0.1, 0.15) is 5.69 Å². The second kappa shape index (κ2) is 4.35. The molecule has 0 spiro atoms. The molecule has 0 saturated heterocycles. The number of aliphatic carboxylic acids is 1. The third-order valence-electron chi connectivity index (χ3n) is 0.959. The van der Waals surface area contributed by atoms with Gasteiger partial charge in [-0.25, -0.2) is 4.98 Å². The highest BCUT2D eigenvalue weighted by molar-refractivity contribution is 7.99. The van der Waals surface area contributed by atoms with Crippen LogP contribution in [0.4, 0.5) is 0 Å². The molecule has 0 fully saturated rings. The molecule has 11 heavy (non-hydrogen) atoms. The molecule has 0 atom stereocenters. The van der Waals surface area contributed by atoms with E-state index in [1.165, 1.54) is 23.1 Å². The number of hydrogen-bond donors (Lipinski definition) is 1. The molecule has 0 bridgehead atoms. The monoisotopic (exact) mass is 189 g/mol. The summed E-state index contributed by atoms with van der Waals surface area (Å²) in [6.07, 6.45) is 0. The molecule has 0 aromatic carbocycles. The molecule has 1 heterocycles. The molecule has 5 heteroatoms. The van der Waals surface area contributed by atoms with Gasteiger partial charge in [0.1, 0.15) is 0 Å². The van der Waals surface area contributed by atoms with Crippen LogP contribution in [0.25, 0.3) is 0 Å². The Morgan fingerprint density at radius 3 is 3.18 bits per heavy atom. The highest BCUT2D eigenvalue weighted by atomic mass is 32.2. The summed E-state index contributed by atoms with van der Waals surface area (Å²) in [6.45, 7) is 0. The van der Waals surface area contributed by atoms with Crippen molar-refractivity contribution in [1.29, 1.82) is 0 Å². The summed E-state index contributed by atoms with van der Waals surface area (Å²) in [5, 5.41) is 10.2. The summed E-state index contributed by atoms with van der Waals surface area (Å²) in [4.78, 5) is 14.1. The number of thioether (sulfide) groups is 1.